The van der Waals surface area contributed by atoms with Gasteiger partial charge in [0.15, 0.2) is 0 Å². The first-order valence-electron chi connectivity index (χ1n) is 6.67. The molecule has 0 radical (unpaired) electrons. The maximum atomic E-state index is 6.44. The topological polar surface area (TPSA) is 0 Å². The lowest BCUT2D eigenvalue weighted by molar-refractivity contribution is 1.27. The molecule has 0 heterocycles. The Morgan fingerprint density at radius 3 is 1.63 bits per heavy atom. The highest BCUT2D eigenvalue weighted by Crippen LogP contribution is 2.37. The van der Waals surface area contributed by atoms with Crippen LogP contribution in [-0.2, 0) is 0 Å². The molecule has 0 aliphatic rings. The predicted molar refractivity (Wildman–Crippen MR) is 85.3 cm³/mol. The molecule has 0 spiro atoms. The highest BCUT2D eigenvalue weighted by Gasteiger charge is 2.15. The third-order valence-electron chi connectivity index (χ3n) is 3.80. The Labute approximate surface area is 121 Å². The molecule has 0 fully saturated rings. The summed E-state index contributed by atoms with van der Waals surface area (Å²) in [7, 11) is 0. The van der Waals surface area contributed by atoms with Crippen molar-refractivity contribution in [2.45, 2.75) is 41.5 Å². The van der Waals surface area contributed by atoms with Crippen LogP contribution >= 0.6 is 11.6 Å². The van der Waals surface area contributed by atoms with Gasteiger partial charge in [0, 0.05) is 5.02 Å². The van der Waals surface area contributed by atoms with Crippen molar-refractivity contribution in [2.75, 3.05) is 0 Å². The Hall–Kier alpha value is -1.27. The molecular formula is C18H21Cl. The molecule has 0 saturated carbocycles. The van der Waals surface area contributed by atoms with E-state index < -0.39 is 0 Å². The summed E-state index contributed by atoms with van der Waals surface area (Å²) in [6, 6.07) is 6.67. The van der Waals surface area contributed by atoms with Gasteiger partial charge in [0.1, 0.15) is 0 Å². The van der Waals surface area contributed by atoms with Gasteiger partial charge in [-0.15, -0.1) is 0 Å². The van der Waals surface area contributed by atoms with Crippen LogP contribution in [-0.4, -0.2) is 0 Å². The second-order valence-corrected chi connectivity index (χ2v) is 5.98. The van der Waals surface area contributed by atoms with Gasteiger partial charge in [0.05, 0.1) is 0 Å². The van der Waals surface area contributed by atoms with Crippen molar-refractivity contribution < 1.29 is 0 Å². The van der Waals surface area contributed by atoms with Gasteiger partial charge in [-0.3, -0.25) is 0 Å². The molecule has 0 unspecified atom stereocenters. The molecule has 100 valence electrons. The fourth-order valence-electron chi connectivity index (χ4n) is 3.12. The third-order valence-corrected chi connectivity index (χ3v) is 4.39. The van der Waals surface area contributed by atoms with Crippen molar-refractivity contribution in [3.8, 4) is 11.1 Å². The lowest BCUT2D eigenvalue weighted by Gasteiger charge is -2.18. The van der Waals surface area contributed by atoms with E-state index in [9.17, 15) is 0 Å². The van der Waals surface area contributed by atoms with E-state index >= 15 is 0 Å². The predicted octanol–water partition coefficient (Wildman–Crippen LogP) is 5.86. The number of benzene rings is 2. The zero-order valence-corrected chi connectivity index (χ0v) is 13.4. The molecule has 0 aromatic heterocycles. The summed E-state index contributed by atoms with van der Waals surface area (Å²) in [6.45, 7) is 12.9. The summed E-state index contributed by atoms with van der Waals surface area (Å²) >= 11 is 6.44. The van der Waals surface area contributed by atoms with Gasteiger partial charge in [-0.2, -0.15) is 0 Å². The molecule has 0 aliphatic carbocycles. The molecule has 2 aromatic carbocycles. The Balaban J connectivity index is 2.84. The van der Waals surface area contributed by atoms with E-state index in [4.69, 9.17) is 11.6 Å². The van der Waals surface area contributed by atoms with Gasteiger partial charge in [0.25, 0.3) is 0 Å². The van der Waals surface area contributed by atoms with Crippen LogP contribution in [0.3, 0.4) is 0 Å². The number of rotatable bonds is 1. The minimum atomic E-state index is 0.889. The molecule has 0 bridgehead atoms. The Kier molecular flexibility index (Phi) is 3.73. The van der Waals surface area contributed by atoms with E-state index in [-0.39, 0.29) is 0 Å². The largest absolute Gasteiger partial charge is 0.0837 e. The van der Waals surface area contributed by atoms with Crippen LogP contribution in [0.25, 0.3) is 11.1 Å². The fourth-order valence-corrected chi connectivity index (χ4v) is 3.27. The Morgan fingerprint density at radius 1 is 0.632 bits per heavy atom. The Bertz CT molecular complexity index is 628. The van der Waals surface area contributed by atoms with Crippen LogP contribution in [0.4, 0.5) is 0 Å². The van der Waals surface area contributed by atoms with E-state index in [0.29, 0.717) is 0 Å². The normalized spacial score (nSPS) is 10.9. The van der Waals surface area contributed by atoms with Crippen molar-refractivity contribution in [1.82, 2.24) is 0 Å². The van der Waals surface area contributed by atoms with E-state index in [0.717, 1.165) is 10.6 Å². The number of halogens is 1. The lowest BCUT2D eigenvalue weighted by atomic mass is 9.87. The number of aryl methyl sites for hydroxylation is 5. The first-order chi connectivity index (χ1) is 8.82. The van der Waals surface area contributed by atoms with Crippen LogP contribution < -0.4 is 0 Å². The van der Waals surface area contributed by atoms with E-state index in [1.165, 1.54) is 38.9 Å². The van der Waals surface area contributed by atoms with Gasteiger partial charge >= 0.3 is 0 Å². The molecule has 2 rings (SSSR count). The van der Waals surface area contributed by atoms with E-state index in [1.807, 2.05) is 0 Å². The summed E-state index contributed by atoms with van der Waals surface area (Å²) in [5, 5.41) is 0.889. The first kappa shape index (κ1) is 14.1. The van der Waals surface area contributed by atoms with Crippen LogP contribution in [0.15, 0.2) is 18.2 Å². The first-order valence-corrected chi connectivity index (χ1v) is 7.05. The Morgan fingerprint density at radius 2 is 1.11 bits per heavy atom. The second-order valence-electron chi connectivity index (χ2n) is 5.60. The van der Waals surface area contributed by atoms with Crippen molar-refractivity contribution in [2.24, 2.45) is 0 Å². The summed E-state index contributed by atoms with van der Waals surface area (Å²) in [4.78, 5) is 0. The molecular weight excluding hydrogens is 252 g/mol. The molecule has 19 heavy (non-hydrogen) atoms. The van der Waals surface area contributed by atoms with Crippen LogP contribution in [0.1, 0.15) is 33.4 Å². The monoisotopic (exact) mass is 272 g/mol. The average molecular weight is 273 g/mol. The second kappa shape index (κ2) is 5.02. The minimum Gasteiger partial charge on any atom is -0.0837 e. The maximum absolute atomic E-state index is 6.44. The van der Waals surface area contributed by atoms with Crippen molar-refractivity contribution in [1.29, 1.82) is 0 Å². The van der Waals surface area contributed by atoms with E-state index in [2.05, 4.69) is 59.7 Å². The van der Waals surface area contributed by atoms with Crippen molar-refractivity contribution in [3.05, 3.63) is 56.6 Å². The third kappa shape index (κ3) is 2.42. The molecule has 2 aromatic rings. The van der Waals surface area contributed by atoms with Gasteiger partial charge in [0.2, 0.25) is 0 Å². The van der Waals surface area contributed by atoms with Crippen LogP contribution in [0.5, 0.6) is 0 Å². The molecule has 0 N–H and O–H groups in total. The van der Waals surface area contributed by atoms with Gasteiger partial charge in [-0.1, -0.05) is 35.4 Å². The average Bonchev–Trinajstić information content (AvgIpc) is 2.29. The van der Waals surface area contributed by atoms with Crippen molar-refractivity contribution >= 4 is 11.6 Å². The standard InChI is InChI=1S/C18H21Cl/c1-10-7-11(2)16(12(3)8-10)17-13(4)9-14(5)18(19)15(17)6/h7-9H,1-6H3. The highest BCUT2D eigenvalue weighted by molar-refractivity contribution is 6.32. The lowest BCUT2D eigenvalue weighted by Crippen LogP contribution is -1.97. The minimum absolute atomic E-state index is 0.889. The zero-order valence-electron chi connectivity index (χ0n) is 12.6. The van der Waals surface area contributed by atoms with Crippen LogP contribution in [0.2, 0.25) is 5.02 Å². The summed E-state index contributed by atoms with van der Waals surface area (Å²) in [6.07, 6.45) is 0. The number of hydrogen-bond acceptors (Lipinski definition) is 0. The SMILES string of the molecule is Cc1cc(C)c(-c2c(C)cc(C)c(Cl)c2C)c(C)c1. The maximum Gasteiger partial charge on any atom is 0.0470 e. The molecule has 0 atom stereocenters. The molecule has 0 aliphatic heterocycles. The van der Waals surface area contributed by atoms with Crippen LogP contribution in [0, 0.1) is 41.5 Å². The van der Waals surface area contributed by atoms with Gasteiger partial charge in [-0.05, 0) is 80.5 Å². The van der Waals surface area contributed by atoms with Gasteiger partial charge in [-0.25, -0.2) is 0 Å². The summed E-state index contributed by atoms with van der Waals surface area (Å²) in [5.74, 6) is 0. The molecule has 1 heteroatoms. The fraction of sp³-hybridized carbons (Fsp3) is 0.333. The molecule has 0 amide bonds. The molecule has 0 saturated heterocycles. The van der Waals surface area contributed by atoms with Crippen molar-refractivity contribution in [3.63, 3.8) is 0 Å². The number of hydrogen-bond donors (Lipinski definition) is 0. The zero-order chi connectivity index (χ0) is 14.3. The van der Waals surface area contributed by atoms with Gasteiger partial charge < -0.3 is 0 Å². The highest BCUT2D eigenvalue weighted by atomic mass is 35.5. The smallest absolute Gasteiger partial charge is 0.0470 e. The summed E-state index contributed by atoms with van der Waals surface area (Å²) < 4.78 is 0. The van der Waals surface area contributed by atoms with E-state index in [1.54, 1.807) is 0 Å². The molecule has 0 nitrogen and oxygen atoms in total. The quantitative estimate of drug-likeness (QED) is 0.610. The summed E-state index contributed by atoms with van der Waals surface area (Å²) in [5.41, 5.74) is 10.2.